The summed E-state index contributed by atoms with van der Waals surface area (Å²) in [5.74, 6) is 0.122. The Labute approximate surface area is 75.5 Å². The van der Waals surface area contributed by atoms with Crippen LogP contribution in [0.4, 0.5) is 0 Å². The Kier molecular flexibility index (Phi) is 3.05. The molecule has 0 radical (unpaired) electrons. The lowest BCUT2D eigenvalue weighted by Gasteiger charge is -2.03. The molecule has 0 aliphatic carbocycles. The van der Waals surface area contributed by atoms with Crippen molar-refractivity contribution in [2.24, 2.45) is 0 Å². The maximum atomic E-state index is 10.9. The smallest absolute Gasteiger partial charge is 0.373 e. The van der Waals surface area contributed by atoms with Gasteiger partial charge in [0, 0.05) is 7.05 Å². The largest absolute Gasteiger partial charge is 0.463 e. The second-order valence-electron chi connectivity index (χ2n) is 2.57. The van der Waals surface area contributed by atoms with Crippen molar-refractivity contribution in [2.75, 3.05) is 14.2 Å². The minimum absolute atomic E-state index is 0.138. The van der Waals surface area contributed by atoms with E-state index in [1.54, 1.807) is 6.07 Å². The Hall–Kier alpha value is -1.33. The van der Waals surface area contributed by atoms with Crippen LogP contribution < -0.4 is 0 Å². The van der Waals surface area contributed by atoms with Gasteiger partial charge in [0.25, 0.3) is 0 Å². The van der Waals surface area contributed by atoms with Gasteiger partial charge in [-0.25, -0.2) is 4.79 Å². The molecule has 1 aromatic rings. The molecule has 0 fully saturated rings. The molecule has 0 atom stereocenters. The first-order valence-electron chi connectivity index (χ1n) is 3.70. The molecule has 1 heterocycles. The van der Waals surface area contributed by atoms with Gasteiger partial charge in [0.1, 0.15) is 5.76 Å². The topological polar surface area (TPSA) is 62.9 Å². The summed E-state index contributed by atoms with van der Waals surface area (Å²) in [6.45, 7) is 0.233. The Bertz CT molecular complexity index is 292. The Morgan fingerprint density at radius 2 is 2.38 bits per heavy atom. The van der Waals surface area contributed by atoms with E-state index >= 15 is 0 Å². The van der Waals surface area contributed by atoms with E-state index in [1.165, 1.54) is 20.2 Å². The Balaban J connectivity index is 2.69. The summed E-state index contributed by atoms with van der Waals surface area (Å²) in [5, 5.41) is 9.83. The van der Waals surface area contributed by atoms with Gasteiger partial charge in [-0.3, -0.25) is 0 Å². The van der Waals surface area contributed by atoms with Crippen molar-refractivity contribution in [1.82, 2.24) is 5.06 Å². The Morgan fingerprint density at radius 1 is 1.69 bits per heavy atom. The number of hydroxylamine groups is 2. The monoisotopic (exact) mass is 185 g/mol. The van der Waals surface area contributed by atoms with Gasteiger partial charge in [-0.05, 0) is 12.1 Å². The van der Waals surface area contributed by atoms with Crippen LogP contribution in [0, 0.1) is 0 Å². The van der Waals surface area contributed by atoms with Gasteiger partial charge >= 0.3 is 5.97 Å². The quantitative estimate of drug-likeness (QED) is 0.559. The van der Waals surface area contributed by atoms with Crippen LogP contribution in [-0.2, 0) is 11.3 Å². The first kappa shape index (κ1) is 9.76. The van der Waals surface area contributed by atoms with Gasteiger partial charge in [-0.1, -0.05) is 0 Å². The molecular formula is C8H11NO4. The number of hydrogen-bond donors (Lipinski definition) is 1. The van der Waals surface area contributed by atoms with Crippen LogP contribution in [0.1, 0.15) is 16.3 Å². The lowest BCUT2D eigenvalue weighted by Crippen LogP contribution is -2.10. The fourth-order valence-corrected chi connectivity index (χ4v) is 0.899. The third kappa shape index (κ3) is 2.57. The summed E-state index contributed by atoms with van der Waals surface area (Å²) >= 11 is 0. The van der Waals surface area contributed by atoms with Crippen molar-refractivity contribution in [3.05, 3.63) is 23.7 Å². The highest BCUT2D eigenvalue weighted by atomic mass is 16.5. The molecule has 72 valence electrons. The van der Waals surface area contributed by atoms with E-state index < -0.39 is 5.97 Å². The average Bonchev–Trinajstić information content (AvgIpc) is 2.50. The highest BCUT2D eigenvalue weighted by molar-refractivity contribution is 5.86. The third-order valence-corrected chi connectivity index (χ3v) is 1.43. The Morgan fingerprint density at radius 3 is 2.92 bits per heavy atom. The van der Waals surface area contributed by atoms with E-state index in [4.69, 9.17) is 9.62 Å². The molecule has 0 saturated carbocycles. The fourth-order valence-electron chi connectivity index (χ4n) is 0.899. The van der Waals surface area contributed by atoms with E-state index in [-0.39, 0.29) is 12.3 Å². The van der Waals surface area contributed by atoms with Gasteiger partial charge in [0.05, 0.1) is 13.7 Å². The first-order chi connectivity index (χ1) is 6.13. The number of ether oxygens (including phenoxy) is 1. The van der Waals surface area contributed by atoms with Crippen LogP contribution in [0.2, 0.25) is 0 Å². The summed E-state index contributed by atoms with van der Waals surface area (Å²) in [4.78, 5) is 10.9. The predicted octanol–water partition coefficient (Wildman–Crippen LogP) is 0.887. The van der Waals surface area contributed by atoms with E-state index in [2.05, 4.69) is 4.74 Å². The second-order valence-corrected chi connectivity index (χ2v) is 2.57. The zero-order valence-electron chi connectivity index (χ0n) is 7.48. The highest BCUT2D eigenvalue weighted by Gasteiger charge is 2.11. The van der Waals surface area contributed by atoms with Crippen molar-refractivity contribution in [2.45, 2.75) is 6.54 Å². The lowest BCUT2D eigenvalue weighted by atomic mass is 10.4. The standard InChI is InChI=1S/C8H11NO4/c1-9(11)5-6-3-4-7(13-6)8(10)12-2/h3-4,11H,5H2,1-2H3. The number of carbonyl (C=O) groups excluding carboxylic acids is 1. The number of nitrogens with zero attached hydrogens (tertiary/aromatic N) is 1. The van der Waals surface area contributed by atoms with Crippen LogP contribution in [0.5, 0.6) is 0 Å². The minimum Gasteiger partial charge on any atom is -0.463 e. The van der Waals surface area contributed by atoms with E-state index in [1.807, 2.05) is 0 Å². The maximum Gasteiger partial charge on any atom is 0.373 e. The molecular weight excluding hydrogens is 174 g/mol. The molecule has 5 heteroatoms. The van der Waals surface area contributed by atoms with Gasteiger partial charge in [-0.15, -0.1) is 0 Å². The van der Waals surface area contributed by atoms with Crippen molar-refractivity contribution >= 4 is 5.97 Å². The van der Waals surface area contributed by atoms with Gasteiger partial charge in [0.2, 0.25) is 5.76 Å². The normalized spacial score (nSPS) is 10.5. The number of hydrogen-bond acceptors (Lipinski definition) is 5. The molecule has 0 spiro atoms. The summed E-state index contributed by atoms with van der Waals surface area (Å²) in [6, 6.07) is 3.11. The number of esters is 1. The summed E-state index contributed by atoms with van der Waals surface area (Å²) in [7, 11) is 2.77. The molecule has 0 amide bonds. The summed E-state index contributed by atoms with van der Waals surface area (Å²) < 4.78 is 9.52. The van der Waals surface area contributed by atoms with Crippen molar-refractivity contribution in [3.8, 4) is 0 Å². The molecule has 13 heavy (non-hydrogen) atoms. The molecule has 1 rings (SSSR count). The molecule has 1 N–H and O–H groups in total. The van der Waals surface area contributed by atoms with Gasteiger partial charge < -0.3 is 14.4 Å². The zero-order valence-corrected chi connectivity index (χ0v) is 7.48. The zero-order chi connectivity index (χ0) is 9.84. The average molecular weight is 185 g/mol. The van der Waals surface area contributed by atoms with Gasteiger partial charge in [-0.2, -0.15) is 5.06 Å². The van der Waals surface area contributed by atoms with Crippen LogP contribution >= 0.6 is 0 Å². The molecule has 0 bridgehead atoms. The molecule has 1 aromatic heterocycles. The lowest BCUT2D eigenvalue weighted by molar-refractivity contribution is -0.0775. The second kappa shape index (κ2) is 4.06. The van der Waals surface area contributed by atoms with Crippen molar-refractivity contribution < 1.29 is 19.2 Å². The molecule has 0 aliphatic rings. The number of furan rings is 1. The molecule has 0 saturated heterocycles. The van der Waals surface area contributed by atoms with Crippen LogP contribution in [-0.4, -0.2) is 30.4 Å². The van der Waals surface area contributed by atoms with E-state index in [0.29, 0.717) is 5.76 Å². The first-order valence-corrected chi connectivity index (χ1v) is 3.70. The van der Waals surface area contributed by atoms with E-state index in [9.17, 15) is 4.79 Å². The fraction of sp³-hybridized carbons (Fsp3) is 0.375. The third-order valence-electron chi connectivity index (χ3n) is 1.43. The molecule has 0 unspecified atom stereocenters. The SMILES string of the molecule is COC(=O)c1ccc(CN(C)O)o1. The molecule has 0 aromatic carbocycles. The summed E-state index contributed by atoms with van der Waals surface area (Å²) in [6.07, 6.45) is 0. The number of rotatable bonds is 3. The minimum atomic E-state index is -0.521. The van der Waals surface area contributed by atoms with Gasteiger partial charge in [0.15, 0.2) is 0 Å². The van der Waals surface area contributed by atoms with Crippen molar-refractivity contribution in [1.29, 1.82) is 0 Å². The van der Waals surface area contributed by atoms with E-state index in [0.717, 1.165) is 5.06 Å². The van der Waals surface area contributed by atoms with Crippen LogP contribution in [0.15, 0.2) is 16.5 Å². The summed E-state index contributed by atoms with van der Waals surface area (Å²) in [5.41, 5.74) is 0. The maximum absolute atomic E-state index is 10.9. The molecule has 0 aliphatic heterocycles. The predicted molar refractivity (Wildman–Crippen MR) is 43.3 cm³/mol. The highest BCUT2D eigenvalue weighted by Crippen LogP contribution is 2.09. The number of methoxy groups -OCH3 is 1. The van der Waals surface area contributed by atoms with Crippen LogP contribution in [0.25, 0.3) is 0 Å². The number of carbonyl (C=O) groups is 1. The molecule has 5 nitrogen and oxygen atoms in total. The van der Waals surface area contributed by atoms with Crippen LogP contribution in [0.3, 0.4) is 0 Å². The van der Waals surface area contributed by atoms with Crippen molar-refractivity contribution in [3.63, 3.8) is 0 Å².